The van der Waals surface area contributed by atoms with Crippen LogP contribution < -0.4 is 21.3 Å². The number of hydrogen-bond donors (Lipinski definition) is 3. The number of nitrogens with zero attached hydrogens (tertiary/aromatic N) is 1. The fourth-order valence-electron chi connectivity index (χ4n) is 1.79. The third kappa shape index (κ3) is 4.81. The van der Waals surface area contributed by atoms with Crippen molar-refractivity contribution in [2.45, 2.75) is 6.54 Å². The van der Waals surface area contributed by atoms with Crippen LogP contribution in [0.5, 0.6) is 0 Å². The molecule has 122 valence electrons. The van der Waals surface area contributed by atoms with E-state index in [1.807, 2.05) is 4.98 Å². The topological polar surface area (TPSA) is 130 Å². The van der Waals surface area contributed by atoms with E-state index in [-0.39, 0.29) is 17.9 Å². The summed E-state index contributed by atoms with van der Waals surface area (Å²) in [5, 5.41) is 2.51. The molecule has 2 aromatic rings. The molecule has 0 unspecified atom stereocenters. The number of aromatic nitrogens is 2. The number of benzene rings is 1. The minimum absolute atomic E-state index is 0.206. The van der Waals surface area contributed by atoms with Gasteiger partial charge in [0.05, 0.1) is 17.6 Å². The molecular formula is C13H14N4O5S. The van der Waals surface area contributed by atoms with Gasteiger partial charge in [-0.15, -0.1) is 0 Å². The average Bonchev–Trinajstić information content (AvgIpc) is 2.42. The zero-order valence-corrected chi connectivity index (χ0v) is 12.9. The van der Waals surface area contributed by atoms with Gasteiger partial charge in [0.25, 0.3) is 5.56 Å². The number of carbonyl (C=O) groups is 1. The van der Waals surface area contributed by atoms with Crippen LogP contribution in [-0.2, 0) is 21.4 Å². The maximum absolute atomic E-state index is 12.0. The summed E-state index contributed by atoms with van der Waals surface area (Å²) in [5.74, 6) is -0.554. The molecule has 1 amide bonds. The van der Waals surface area contributed by atoms with Gasteiger partial charge in [0.2, 0.25) is 15.9 Å². The molecule has 1 aromatic heterocycles. The van der Waals surface area contributed by atoms with Crippen molar-refractivity contribution >= 4 is 27.3 Å². The highest BCUT2D eigenvalue weighted by Gasteiger charge is 2.10. The molecular weight excluding hydrogens is 324 g/mol. The number of rotatable bonds is 5. The number of amides is 1. The van der Waals surface area contributed by atoms with E-state index in [4.69, 9.17) is 0 Å². The van der Waals surface area contributed by atoms with E-state index in [9.17, 15) is 22.8 Å². The van der Waals surface area contributed by atoms with E-state index in [0.717, 1.165) is 16.9 Å². The number of nitrogens with one attached hydrogen (secondary N) is 3. The Balaban J connectivity index is 2.17. The number of para-hydroxylation sites is 2. The highest BCUT2D eigenvalue weighted by Crippen LogP contribution is 2.21. The molecule has 0 saturated carbocycles. The molecule has 1 heterocycles. The van der Waals surface area contributed by atoms with Gasteiger partial charge in [-0.05, 0) is 12.1 Å². The molecule has 0 atom stereocenters. The predicted octanol–water partition coefficient (Wildman–Crippen LogP) is -0.453. The second-order valence-corrected chi connectivity index (χ2v) is 6.45. The summed E-state index contributed by atoms with van der Waals surface area (Å²) in [6.07, 6.45) is 2.19. The summed E-state index contributed by atoms with van der Waals surface area (Å²) in [6, 6.07) is 7.35. The van der Waals surface area contributed by atoms with E-state index in [0.29, 0.717) is 0 Å². The van der Waals surface area contributed by atoms with Gasteiger partial charge >= 0.3 is 5.69 Å². The minimum atomic E-state index is -3.50. The monoisotopic (exact) mass is 338 g/mol. The lowest BCUT2D eigenvalue weighted by atomic mass is 10.2. The van der Waals surface area contributed by atoms with Crippen molar-refractivity contribution < 1.29 is 13.2 Å². The highest BCUT2D eigenvalue weighted by atomic mass is 32.2. The molecule has 1 aromatic carbocycles. The standard InChI is InChI=1S/C13H14N4O5S/c1-23(21,22)16-10-5-3-2-4-9(10)14-12(19)8-17-7-6-11(18)15-13(17)20/h2-7,16H,8H2,1H3,(H,14,19)(H,15,18,20). The largest absolute Gasteiger partial charge is 0.328 e. The van der Waals surface area contributed by atoms with Crippen LogP contribution in [0.15, 0.2) is 46.1 Å². The normalized spacial score (nSPS) is 11.0. The van der Waals surface area contributed by atoms with E-state index >= 15 is 0 Å². The Bertz CT molecular complexity index is 945. The number of sulfonamides is 1. The predicted molar refractivity (Wildman–Crippen MR) is 84.9 cm³/mol. The second-order valence-electron chi connectivity index (χ2n) is 4.71. The average molecular weight is 338 g/mol. The summed E-state index contributed by atoms with van der Waals surface area (Å²) in [5.41, 5.74) is -0.817. The first-order valence-electron chi connectivity index (χ1n) is 6.41. The SMILES string of the molecule is CS(=O)(=O)Nc1ccccc1NC(=O)Cn1ccc(=O)[nH]c1=O. The molecule has 0 aliphatic carbocycles. The molecule has 9 nitrogen and oxygen atoms in total. The lowest BCUT2D eigenvalue weighted by Crippen LogP contribution is -2.32. The third-order valence-corrected chi connectivity index (χ3v) is 3.30. The maximum atomic E-state index is 12.0. The van der Waals surface area contributed by atoms with Gasteiger partial charge in [-0.1, -0.05) is 12.1 Å². The van der Waals surface area contributed by atoms with Gasteiger partial charge < -0.3 is 5.32 Å². The van der Waals surface area contributed by atoms with Crippen LogP contribution in [0.25, 0.3) is 0 Å². The number of aromatic amines is 1. The summed E-state index contributed by atoms with van der Waals surface area (Å²) in [7, 11) is -3.50. The summed E-state index contributed by atoms with van der Waals surface area (Å²) >= 11 is 0. The van der Waals surface area contributed by atoms with Crippen LogP contribution in [0.1, 0.15) is 0 Å². The Morgan fingerprint density at radius 2 is 1.83 bits per heavy atom. The lowest BCUT2D eigenvalue weighted by molar-refractivity contribution is -0.116. The molecule has 0 bridgehead atoms. The number of hydrogen-bond acceptors (Lipinski definition) is 5. The van der Waals surface area contributed by atoms with Crippen LogP contribution in [0, 0.1) is 0 Å². The Kier molecular flexibility index (Phi) is 4.65. The third-order valence-electron chi connectivity index (χ3n) is 2.71. The lowest BCUT2D eigenvalue weighted by Gasteiger charge is -2.12. The Morgan fingerprint density at radius 1 is 1.17 bits per heavy atom. The molecule has 0 fully saturated rings. The van der Waals surface area contributed by atoms with Gasteiger partial charge in [-0.2, -0.15) is 0 Å². The van der Waals surface area contributed by atoms with Crippen LogP contribution in [0.4, 0.5) is 11.4 Å². The van der Waals surface area contributed by atoms with Crippen LogP contribution in [0.2, 0.25) is 0 Å². The smallest absolute Gasteiger partial charge is 0.323 e. The van der Waals surface area contributed by atoms with E-state index in [2.05, 4.69) is 10.0 Å². The maximum Gasteiger partial charge on any atom is 0.328 e. The second kappa shape index (κ2) is 6.48. The zero-order chi connectivity index (χ0) is 17.0. The van der Waals surface area contributed by atoms with Gasteiger partial charge in [0.15, 0.2) is 0 Å². The molecule has 10 heteroatoms. The fraction of sp³-hybridized carbons (Fsp3) is 0.154. The van der Waals surface area contributed by atoms with Crippen molar-refractivity contribution in [1.29, 1.82) is 0 Å². The van der Waals surface area contributed by atoms with Crippen molar-refractivity contribution in [3.63, 3.8) is 0 Å². The Hall–Kier alpha value is -2.88. The number of carbonyl (C=O) groups excluding carboxylic acids is 1. The highest BCUT2D eigenvalue weighted by molar-refractivity contribution is 7.92. The molecule has 3 N–H and O–H groups in total. The Labute approximate surface area is 131 Å². The summed E-state index contributed by atoms with van der Waals surface area (Å²) < 4.78 is 25.9. The van der Waals surface area contributed by atoms with Crippen molar-refractivity contribution in [1.82, 2.24) is 9.55 Å². The number of H-pyrrole nitrogens is 1. The molecule has 0 spiro atoms. The van der Waals surface area contributed by atoms with E-state index < -0.39 is 27.2 Å². The first-order chi connectivity index (χ1) is 10.7. The van der Waals surface area contributed by atoms with Crippen molar-refractivity contribution in [3.8, 4) is 0 Å². The van der Waals surface area contributed by atoms with Crippen LogP contribution in [-0.4, -0.2) is 30.1 Å². The summed E-state index contributed by atoms with van der Waals surface area (Å²) in [4.78, 5) is 36.5. The molecule has 0 saturated heterocycles. The van der Waals surface area contributed by atoms with Gasteiger partial charge in [-0.3, -0.25) is 23.9 Å². The summed E-state index contributed by atoms with van der Waals surface area (Å²) in [6.45, 7) is -0.331. The zero-order valence-electron chi connectivity index (χ0n) is 12.1. The molecule has 0 aliphatic heterocycles. The van der Waals surface area contributed by atoms with Gasteiger partial charge in [-0.25, -0.2) is 13.2 Å². The van der Waals surface area contributed by atoms with E-state index in [1.165, 1.54) is 18.3 Å². The quantitative estimate of drug-likeness (QED) is 0.679. The van der Waals surface area contributed by atoms with E-state index in [1.54, 1.807) is 12.1 Å². The van der Waals surface area contributed by atoms with Crippen molar-refractivity contribution in [2.24, 2.45) is 0 Å². The fourth-order valence-corrected chi connectivity index (χ4v) is 2.37. The first-order valence-corrected chi connectivity index (χ1v) is 8.30. The van der Waals surface area contributed by atoms with Crippen LogP contribution >= 0.6 is 0 Å². The van der Waals surface area contributed by atoms with Crippen molar-refractivity contribution in [2.75, 3.05) is 16.3 Å². The first kappa shape index (κ1) is 16.5. The van der Waals surface area contributed by atoms with Crippen LogP contribution in [0.3, 0.4) is 0 Å². The van der Waals surface area contributed by atoms with Crippen molar-refractivity contribution in [3.05, 3.63) is 57.4 Å². The Morgan fingerprint density at radius 3 is 2.43 bits per heavy atom. The molecule has 0 aliphatic rings. The van der Waals surface area contributed by atoms with Gasteiger partial charge in [0, 0.05) is 12.3 Å². The number of anilines is 2. The minimum Gasteiger partial charge on any atom is -0.323 e. The molecule has 23 heavy (non-hydrogen) atoms. The molecule has 2 rings (SSSR count). The molecule has 0 radical (unpaired) electrons. The van der Waals surface area contributed by atoms with Gasteiger partial charge in [0.1, 0.15) is 6.54 Å².